The summed E-state index contributed by atoms with van der Waals surface area (Å²) >= 11 is 7.15. The van der Waals surface area contributed by atoms with Gasteiger partial charge in [-0.3, -0.25) is 4.79 Å². The number of benzene rings is 1. The van der Waals surface area contributed by atoms with Gasteiger partial charge in [0.1, 0.15) is 11.5 Å². The summed E-state index contributed by atoms with van der Waals surface area (Å²) in [6.45, 7) is 0.313. The summed E-state index contributed by atoms with van der Waals surface area (Å²) in [7, 11) is 0. The van der Waals surface area contributed by atoms with Crippen LogP contribution >= 0.6 is 23.4 Å². The molecule has 0 unspecified atom stereocenters. The zero-order valence-corrected chi connectivity index (χ0v) is 15.6. The summed E-state index contributed by atoms with van der Waals surface area (Å²) in [6.07, 6.45) is 3.40. The number of thioether (sulfide) groups is 1. The highest BCUT2D eigenvalue weighted by molar-refractivity contribution is 7.99. The maximum atomic E-state index is 12.1. The van der Waals surface area contributed by atoms with Gasteiger partial charge in [0.25, 0.3) is 5.78 Å². The second kappa shape index (κ2) is 7.81. The van der Waals surface area contributed by atoms with Crippen molar-refractivity contribution >= 4 is 35.0 Å². The van der Waals surface area contributed by atoms with Crippen LogP contribution in [-0.4, -0.2) is 31.2 Å². The highest BCUT2D eigenvalue weighted by Crippen LogP contribution is 2.23. The minimum absolute atomic E-state index is 0.128. The van der Waals surface area contributed by atoms with Gasteiger partial charge in [0.15, 0.2) is 0 Å². The topological polar surface area (TPSA) is 85.3 Å². The van der Waals surface area contributed by atoms with Crippen LogP contribution in [0.3, 0.4) is 0 Å². The van der Waals surface area contributed by atoms with Crippen molar-refractivity contribution in [3.05, 3.63) is 65.6 Å². The van der Waals surface area contributed by atoms with Crippen LogP contribution in [0.25, 0.3) is 17.1 Å². The molecule has 4 aromatic rings. The molecule has 1 aromatic carbocycles. The van der Waals surface area contributed by atoms with Crippen molar-refractivity contribution in [3.63, 3.8) is 0 Å². The molecule has 0 bridgehead atoms. The summed E-state index contributed by atoms with van der Waals surface area (Å²) in [5, 5.41) is 8.25. The molecule has 27 heavy (non-hydrogen) atoms. The number of halogens is 1. The number of carbonyl (C=O) groups is 1. The predicted molar refractivity (Wildman–Crippen MR) is 103 cm³/mol. The van der Waals surface area contributed by atoms with Crippen molar-refractivity contribution in [2.45, 2.75) is 11.7 Å². The maximum Gasteiger partial charge on any atom is 0.253 e. The van der Waals surface area contributed by atoms with E-state index in [0.29, 0.717) is 28.3 Å². The Morgan fingerprint density at radius 3 is 2.89 bits per heavy atom. The van der Waals surface area contributed by atoms with Crippen molar-refractivity contribution in [2.24, 2.45) is 0 Å². The molecule has 3 heterocycles. The average Bonchev–Trinajstić information content (AvgIpc) is 3.32. The van der Waals surface area contributed by atoms with E-state index in [9.17, 15) is 4.79 Å². The number of fused-ring (bicyclic) bond motifs is 1. The Morgan fingerprint density at radius 1 is 1.22 bits per heavy atom. The second-order valence-corrected chi connectivity index (χ2v) is 6.98. The van der Waals surface area contributed by atoms with Crippen molar-refractivity contribution in [1.82, 2.24) is 24.9 Å². The van der Waals surface area contributed by atoms with Gasteiger partial charge in [-0.15, -0.1) is 5.10 Å². The molecule has 1 amide bonds. The number of rotatable bonds is 6. The highest BCUT2D eigenvalue weighted by atomic mass is 35.5. The maximum absolute atomic E-state index is 12.1. The van der Waals surface area contributed by atoms with Gasteiger partial charge in [-0.05, 0) is 42.5 Å². The molecule has 0 spiro atoms. The molecule has 0 saturated heterocycles. The predicted octanol–water partition coefficient (Wildman–Crippen LogP) is 3.45. The van der Waals surface area contributed by atoms with E-state index in [2.05, 4.69) is 20.4 Å². The zero-order valence-electron chi connectivity index (χ0n) is 14.0. The van der Waals surface area contributed by atoms with Crippen LogP contribution < -0.4 is 5.32 Å². The SMILES string of the molecule is O=C(CSc1nc2ncccn2n1)NCc1ccc(-c2ccc(Cl)cc2)o1. The van der Waals surface area contributed by atoms with Gasteiger partial charge in [-0.1, -0.05) is 23.4 Å². The monoisotopic (exact) mass is 399 g/mol. The second-order valence-electron chi connectivity index (χ2n) is 5.60. The summed E-state index contributed by atoms with van der Waals surface area (Å²) in [4.78, 5) is 20.4. The quantitative estimate of drug-likeness (QED) is 0.500. The summed E-state index contributed by atoms with van der Waals surface area (Å²) in [6, 6.07) is 12.9. The van der Waals surface area contributed by atoms with Gasteiger partial charge in [-0.2, -0.15) is 4.98 Å². The third kappa shape index (κ3) is 4.29. The summed E-state index contributed by atoms with van der Waals surface area (Å²) < 4.78 is 7.33. The molecule has 0 aliphatic rings. The van der Waals surface area contributed by atoms with E-state index in [1.54, 1.807) is 35.1 Å². The third-order valence-corrected chi connectivity index (χ3v) is 4.77. The van der Waals surface area contributed by atoms with Crippen molar-refractivity contribution < 1.29 is 9.21 Å². The lowest BCUT2D eigenvalue weighted by molar-refractivity contribution is -0.118. The normalized spacial score (nSPS) is 11.0. The van der Waals surface area contributed by atoms with Crippen molar-refractivity contribution in [3.8, 4) is 11.3 Å². The van der Waals surface area contributed by atoms with Gasteiger partial charge in [0.2, 0.25) is 11.1 Å². The number of aromatic nitrogens is 4. The van der Waals surface area contributed by atoms with Gasteiger partial charge < -0.3 is 9.73 Å². The number of carbonyl (C=O) groups excluding carboxylic acids is 1. The number of amides is 1. The van der Waals surface area contributed by atoms with Crippen LogP contribution in [0, 0.1) is 0 Å². The molecule has 7 nitrogen and oxygen atoms in total. The minimum Gasteiger partial charge on any atom is -0.459 e. The van der Waals surface area contributed by atoms with Gasteiger partial charge in [0, 0.05) is 23.0 Å². The minimum atomic E-state index is -0.128. The molecular weight excluding hydrogens is 386 g/mol. The molecule has 4 rings (SSSR count). The largest absolute Gasteiger partial charge is 0.459 e. The van der Waals surface area contributed by atoms with E-state index in [0.717, 1.165) is 11.3 Å². The Kier molecular flexibility index (Phi) is 5.08. The van der Waals surface area contributed by atoms with E-state index < -0.39 is 0 Å². The fourth-order valence-corrected chi connectivity index (χ4v) is 3.16. The number of furan rings is 1. The summed E-state index contributed by atoms with van der Waals surface area (Å²) in [5.41, 5.74) is 0.930. The molecule has 1 N–H and O–H groups in total. The van der Waals surface area contributed by atoms with Gasteiger partial charge >= 0.3 is 0 Å². The molecule has 0 aliphatic carbocycles. The Bertz CT molecular complexity index is 1040. The molecule has 0 radical (unpaired) electrons. The molecule has 136 valence electrons. The first kappa shape index (κ1) is 17.6. The Labute approximate surface area is 163 Å². The van der Waals surface area contributed by atoms with Crippen molar-refractivity contribution in [1.29, 1.82) is 0 Å². The zero-order chi connectivity index (χ0) is 18.6. The lowest BCUT2D eigenvalue weighted by Crippen LogP contribution is -2.24. The lowest BCUT2D eigenvalue weighted by atomic mass is 10.2. The number of hydrogen-bond acceptors (Lipinski definition) is 6. The van der Waals surface area contributed by atoms with E-state index in [4.69, 9.17) is 16.0 Å². The molecular formula is C18H14ClN5O2S. The van der Waals surface area contributed by atoms with E-state index in [-0.39, 0.29) is 11.7 Å². The fourth-order valence-electron chi connectivity index (χ4n) is 2.38. The van der Waals surface area contributed by atoms with Crippen molar-refractivity contribution in [2.75, 3.05) is 5.75 Å². The smallest absolute Gasteiger partial charge is 0.253 e. The molecule has 0 atom stereocenters. The molecule has 9 heteroatoms. The first-order chi connectivity index (χ1) is 13.2. The van der Waals surface area contributed by atoms with E-state index >= 15 is 0 Å². The van der Waals surface area contributed by atoms with Crippen LogP contribution in [0.5, 0.6) is 0 Å². The Balaban J connectivity index is 1.29. The number of nitrogens with zero attached hydrogens (tertiary/aromatic N) is 4. The lowest BCUT2D eigenvalue weighted by Gasteiger charge is -2.02. The van der Waals surface area contributed by atoms with Crippen LogP contribution in [0.4, 0.5) is 0 Å². The summed E-state index contributed by atoms with van der Waals surface area (Å²) in [5.74, 6) is 1.99. The standard InChI is InChI=1S/C18H14ClN5O2S/c19-13-4-2-12(3-5-13)15-7-6-14(26-15)10-21-16(25)11-27-18-22-17-20-8-1-9-24(17)23-18/h1-9H,10-11H2,(H,21,25). The van der Waals surface area contributed by atoms with Crippen LogP contribution in [0.2, 0.25) is 5.02 Å². The van der Waals surface area contributed by atoms with E-state index in [1.165, 1.54) is 11.8 Å². The van der Waals surface area contributed by atoms with Crippen LogP contribution in [0.1, 0.15) is 5.76 Å². The first-order valence-corrected chi connectivity index (χ1v) is 9.45. The average molecular weight is 400 g/mol. The van der Waals surface area contributed by atoms with Gasteiger partial charge in [0.05, 0.1) is 12.3 Å². The fraction of sp³-hybridized carbons (Fsp3) is 0.111. The Hall–Kier alpha value is -2.84. The number of nitrogens with one attached hydrogen (secondary N) is 1. The van der Waals surface area contributed by atoms with Crippen LogP contribution in [0.15, 0.2) is 64.4 Å². The number of hydrogen-bond donors (Lipinski definition) is 1. The molecule has 3 aromatic heterocycles. The van der Waals surface area contributed by atoms with Crippen LogP contribution in [-0.2, 0) is 11.3 Å². The highest BCUT2D eigenvalue weighted by Gasteiger charge is 2.10. The first-order valence-electron chi connectivity index (χ1n) is 8.09. The molecule has 0 aliphatic heterocycles. The Morgan fingerprint density at radius 2 is 2.07 bits per heavy atom. The van der Waals surface area contributed by atoms with Gasteiger partial charge in [-0.25, -0.2) is 9.50 Å². The molecule has 0 fully saturated rings. The third-order valence-electron chi connectivity index (χ3n) is 3.68. The molecule has 0 saturated carbocycles. The van der Waals surface area contributed by atoms with E-state index in [1.807, 2.05) is 24.3 Å².